The van der Waals surface area contributed by atoms with Crippen LogP contribution in [0.1, 0.15) is 374 Å². The van der Waals surface area contributed by atoms with E-state index in [0.29, 0.717) is 153 Å². The number of hydrogen-bond acceptors (Lipinski definition) is 26. The van der Waals surface area contributed by atoms with E-state index in [-0.39, 0.29) is 126 Å². The van der Waals surface area contributed by atoms with Crippen LogP contribution < -0.4 is 0 Å². The molecule has 706 valence electrons. The Morgan fingerprint density at radius 3 is 0.776 bits per heavy atom. The van der Waals surface area contributed by atoms with Gasteiger partial charge in [-0.2, -0.15) is 0 Å². The van der Waals surface area contributed by atoms with Crippen molar-refractivity contribution in [3.63, 3.8) is 0 Å². The molecule has 9 unspecified atom stereocenters. The van der Waals surface area contributed by atoms with Gasteiger partial charge in [-0.15, -0.1) is 0 Å². The molecule has 0 aromatic heterocycles. The van der Waals surface area contributed by atoms with Crippen LogP contribution in [0.4, 0.5) is 0 Å². The third kappa shape index (κ3) is 22.8. The summed E-state index contributed by atoms with van der Waals surface area (Å²) in [5, 5.41) is 0. The molecule has 8 heterocycles. The highest BCUT2D eigenvalue weighted by molar-refractivity contribution is 5.80. The van der Waals surface area contributed by atoms with Crippen molar-refractivity contribution < 1.29 is 124 Å². The zero-order valence-corrected chi connectivity index (χ0v) is 78.5. The quantitative estimate of drug-likeness (QED) is 0.0640. The van der Waals surface area contributed by atoms with Crippen molar-refractivity contribution in [1.29, 1.82) is 0 Å². The van der Waals surface area contributed by atoms with E-state index < -0.39 is 49.9 Å². The highest BCUT2D eigenvalue weighted by Gasteiger charge is 2.68. The SMILES string of the molecule is CCC(C)(C)C(=O)OC1(C2CCC(=O)O2)C2CC3CC(C2)CC1C3.CCC(C)(C)C(=O)OC1(C2CCC(=O)O2)CCCCC1.CCC(C)(C)C(=O)OC1(C2CCC(=O)O2)CCOCC1.CCC(C)C(=O)OC1(C2CCC(=O)O2)C2CC3CC(C2)CC1C3.CCC(C)C(=O)OC1(C2CCC(=O)O2)CCCCC1.CCC(C)C(=O)OC1(C2CCC(=O)O2)CCOCC1. The summed E-state index contributed by atoms with van der Waals surface area (Å²) in [5.74, 6) is 2.50. The molecule has 18 fully saturated rings. The van der Waals surface area contributed by atoms with Gasteiger partial charge in [-0.1, -0.05) is 75.2 Å². The summed E-state index contributed by atoms with van der Waals surface area (Å²) >= 11 is 0. The van der Waals surface area contributed by atoms with E-state index in [0.717, 1.165) is 171 Å². The number of carbonyl (C=O) groups is 12. The number of ether oxygens (including phenoxy) is 14. The number of carbonyl (C=O) groups excluding carboxylic acids is 12. The van der Waals surface area contributed by atoms with Crippen LogP contribution in [0.3, 0.4) is 0 Å². The smallest absolute Gasteiger partial charge is 0.312 e. The van der Waals surface area contributed by atoms with E-state index in [9.17, 15) is 57.5 Å². The van der Waals surface area contributed by atoms with Gasteiger partial charge in [0.15, 0.2) is 22.4 Å². The summed E-state index contributed by atoms with van der Waals surface area (Å²) in [4.78, 5) is 144. The molecule has 8 bridgehead atoms. The molecule has 10 saturated carbocycles. The van der Waals surface area contributed by atoms with Crippen LogP contribution in [0.25, 0.3) is 0 Å². The van der Waals surface area contributed by atoms with Crippen molar-refractivity contribution in [2.24, 2.45) is 81.3 Å². The lowest BCUT2D eigenvalue weighted by Gasteiger charge is -2.61. The Kier molecular flexibility index (Phi) is 33.5. The highest BCUT2D eigenvalue weighted by Crippen LogP contribution is 2.64. The van der Waals surface area contributed by atoms with E-state index in [4.69, 9.17) is 66.3 Å². The Morgan fingerprint density at radius 1 is 0.304 bits per heavy atom. The first-order chi connectivity index (χ1) is 59.3. The molecule has 18 aliphatic rings. The molecule has 8 aliphatic heterocycles. The number of rotatable bonds is 24. The molecule has 9 atom stereocenters. The Morgan fingerprint density at radius 2 is 0.528 bits per heavy atom. The standard InChI is InChI=1S/C20H30O4.C19H28O4.C16H26O4.C15H24O5.C15H24O4.C14H22O5/c1-4-19(2,3)18(22)24-20(16-5-6-17(21)23-16)14-8-12-7-13(10-14)11-15(20)9-12;1-3-11(2)18(21)23-19(16-4-5-17(20)22-16)14-7-12-6-13(9-14)10-15(19)8-12;1-4-15(2,3)14(18)20-16(10-6-5-7-11-16)12-8-9-13(17)19-12;1-4-14(2,3)13(17)20-15(7-9-18-10-8-15)11-5-6-12(16)19-11;1-3-11(2)14(17)19-15(9-5-4-6-10-15)12-7-8-13(16)18-12;1-3-10(2)13(16)19-14(6-8-17-9-7-14)11-4-5-12(15)18-11/h12-16H,4-11H2,1-3H3;11-16H,3-10H2,1-2H3;12H,4-11H2,1-3H3;11H,4-10H2,1-3H3;11-12H,3-10H2,1-2H3;10-11H,3-9H2,1-2H3. The Hall–Kier alpha value is -6.44. The van der Waals surface area contributed by atoms with Gasteiger partial charge in [-0.25, -0.2) is 0 Å². The van der Waals surface area contributed by atoms with Gasteiger partial charge >= 0.3 is 71.6 Å². The van der Waals surface area contributed by atoms with Gasteiger partial charge in [0.1, 0.15) is 47.8 Å². The van der Waals surface area contributed by atoms with Crippen LogP contribution in [0.2, 0.25) is 0 Å². The first kappa shape index (κ1) is 99.1. The lowest BCUT2D eigenvalue weighted by molar-refractivity contribution is -0.247. The summed E-state index contributed by atoms with van der Waals surface area (Å²) < 4.78 is 79.8. The van der Waals surface area contributed by atoms with Crippen molar-refractivity contribution in [3.05, 3.63) is 0 Å². The van der Waals surface area contributed by atoms with E-state index in [1.807, 2.05) is 104 Å². The number of cyclic esters (lactones) is 6. The number of hydrogen-bond donors (Lipinski definition) is 0. The van der Waals surface area contributed by atoms with Crippen LogP contribution in [0, 0.1) is 81.3 Å². The maximum Gasteiger partial charge on any atom is 0.312 e. The molecule has 0 spiro atoms. The maximum absolute atomic E-state index is 13.0. The first-order valence-electron chi connectivity index (χ1n) is 49.0. The van der Waals surface area contributed by atoms with Crippen LogP contribution >= 0.6 is 0 Å². The molecule has 0 amide bonds. The minimum absolute atomic E-state index is 0.0823. The van der Waals surface area contributed by atoms with Crippen LogP contribution in [0.5, 0.6) is 0 Å². The topological polar surface area (TPSA) is 334 Å². The van der Waals surface area contributed by atoms with Crippen molar-refractivity contribution >= 4 is 71.6 Å². The van der Waals surface area contributed by atoms with Crippen LogP contribution in [0.15, 0.2) is 0 Å². The Balaban J connectivity index is 0.000000146. The molecule has 26 nitrogen and oxygen atoms in total. The Labute approximate surface area is 743 Å². The second-order valence-corrected chi connectivity index (χ2v) is 42.1. The monoisotopic (exact) mass is 1760 g/mol. The fraction of sp³-hybridized carbons (Fsp3) is 0.879. The minimum atomic E-state index is -0.700. The largest absolute Gasteiger partial charge is 0.458 e. The second-order valence-electron chi connectivity index (χ2n) is 42.1. The minimum Gasteiger partial charge on any atom is -0.458 e. The van der Waals surface area contributed by atoms with Crippen LogP contribution in [-0.2, 0) is 124 Å². The molecule has 0 aromatic carbocycles. The molecule has 0 N–H and O–H groups in total. The molecular weight excluding hydrogens is 1610 g/mol. The average molecular weight is 1760 g/mol. The third-order valence-corrected chi connectivity index (χ3v) is 32.7. The molecule has 10 aliphatic carbocycles. The summed E-state index contributed by atoms with van der Waals surface area (Å²) in [6, 6.07) is 0. The molecule has 18 rings (SSSR count). The molecular formula is C99H154O26. The average Bonchev–Trinajstić information content (AvgIpc) is 1.67. The molecule has 0 aromatic rings. The maximum atomic E-state index is 13.0. The summed E-state index contributed by atoms with van der Waals surface area (Å²) in [7, 11) is 0. The van der Waals surface area contributed by atoms with Crippen molar-refractivity contribution in [3.8, 4) is 0 Å². The predicted octanol–water partition coefficient (Wildman–Crippen LogP) is 17.8. The van der Waals surface area contributed by atoms with Gasteiger partial charge in [0.05, 0.1) is 60.4 Å². The lowest BCUT2D eigenvalue weighted by atomic mass is 9.48. The molecule has 0 radical (unpaired) electrons. The number of esters is 12. The van der Waals surface area contributed by atoms with Gasteiger partial charge in [-0.05, 0) is 258 Å². The van der Waals surface area contributed by atoms with E-state index in [2.05, 4.69) is 0 Å². The fourth-order valence-corrected chi connectivity index (χ4v) is 23.1. The molecule has 125 heavy (non-hydrogen) atoms. The zero-order valence-electron chi connectivity index (χ0n) is 78.5. The van der Waals surface area contributed by atoms with Gasteiger partial charge in [-0.3, -0.25) is 57.5 Å². The third-order valence-electron chi connectivity index (χ3n) is 32.7. The molecule has 8 saturated heterocycles. The normalized spacial score (nSPS) is 33.6. The first-order valence-corrected chi connectivity index (χ1v) is 49.0. The lowest BCUT2D eigenvalue weighted by Crippen LogP contribution is -2.65. The van der Waals surface area contributed by atoms with Crippen molar-refractivity contribution in [2.75, 3.05) is 26.4 Å². The van der Waals surface area contributed by atoms with E-state index in [1.54, 1.807) is 0 Å². The fourth-order valence-electron chi connectivity index (χ4n) is 23.1. The summed E-state index contributed by atoms with van der Waals surface area (Å²) in [6.07, 6.45) is 33.7. The van der Waals surface area contributed by atoms with Gasteiger partial charge < -0.3 is 66.3 Å². The summed E-state index contributed by atoms with van der Waals surface area (Å²) in [6.45, 7) is 31.3. The summed E-state index contributed by atoms with van der Waals surface area (Å²) in [5.41, 5.74) is -5.06. The predicted molar refractivity (Wildman–Crippen MR) is 459 cm³/mol. The van der Waals surface area contributed by atoms with Gasteiger partial charge in [0.2, 0.25) is 0 Å². The van der Waals surface area contributed by atoms with Gasteiger partial charge in [0.25, 0.3) is 0 Å². The van der Waals surface area contributed by atoms with Crippen molar-refractivity contribution in [2.45, 2.75) is 444 Å². The van der Waals surface area contributed by atoms with E-state index in [1.165, 1.54) is 19.3 Å². The van der Waals surface area contributed by atoms with Crippen LogP contribution in [-0.4, -0.2) is 168 Å². The highest BCUT2D eigenvalue weighted by atomic mass is 16.6. The van der Waals surface area contributed by atoms with E-state index >= 15 is 0 Å². The Bertz CT molecular complexity index is 3530. The van der Waals surface area contributed by atoms with Gasteiger partial charge in [0, 0.05) is 87.9 Å². The van der Waals surface area contributed by atoms with Crippen molar-refractivity contribution in [1.82, 2.24) is 0 Å². The second kappa shape index (κ2) is 42.2. The zero-order chi connectivity index (χ0) is 90.7. The molecule has 26 heteroatoms.